The number of thiophene rings is 1. The maximum absolute atomic E-state index is 10.5. The standard InChI is InChI=1S/C12H12IS.C2HF3O2/c1-9-5-6-11(10(2)8-9)13-12-4-3-7-14-12;3-2(4,5)1(6)7/h3-8H,1-2H3;(H,6,7)/q+1;/p-1. The van der Waals surface area contributed by atoms with Crippen LogP contribution in [0.25, 0.3) is 0 Å². The molecule has 0 fully saturated rings. The van der Waals surface area contributed by atoms with Gasteiger partial charge in [-0.1, -0.05) is 29.0 Å². The SMILES string of the molecule is Cc1ccc([I+]c2cccs2)c(C)c1.O=C([O-])C(F)(F)F. The number of carboxylic acid groups (broad SMARTS) is 1. The van der Waals surface area contributed by atoms with Crippen LogP contribution in [0.1, 0.15) is 11.1 Å². The van der Waals surface area contributed by atoms with Crippen LogP contribution in [0.4, 0.5) is 13.2 Å². The number of aryl methyl sites for hydroxylation is 2. The van der Waals surface area contributed by atoms with Crippen molar-refractivity contribution in [2.24, 2.45) is 0 Å². The first-order chi connectivity index (χ1) is 9.70. The topological polar surface area (TPSA) is 40.1 Å². The number of aliphatic carboxylic acids is 1. The van der Waals surface area contributed by atoms with Crippen molar-refractivity contribution in [3.05, 3.63) is 53.3 Å². The van der Waals surface area contributed by atoms with Crippen LogP contribution in [0.15, 0.2) is 35.7 Å². The average Bonchev–Trinajstić information content (AvgIpc) is 2.85. The molecular formula is C14H12F3IO2S. The largest absolute Gasteiger partial charge is 0.542 e. The minimum Gasteiger partial charge on any atom is -0.542 e. The zero-order valence-corrected chi connectivity index (χ0v) is 14.2. The molecule has 0 N–H and O–H groups in total. The molecule has 1 aromatic carbocycles. The first kappa shape index (κ1) is 18.0. The zero-order chi connectivity index (χ0) is 16.0. The molecule has 0 spiro atoms. The highest BCUT2D eigenvalue weighted by atomic mass is 127. The van der Waals surface area contributed by atoms with E-state index >= 15 is 0 Å². The van der Waals surface area contributed by atoms with Crippen molar-refractivity contribution in [2.75, 3.05) is 0 Å². The van der Waals surface area contributed by atoms with Crippen LogP contribution in [0.5, 0.6) is 0 Å². The normalized spacial score (nSPS) is 10.7. The molecule has 0 aliphatic carbocycles. The summed E-state index contributed by atoms with van der Waals surface area (Å²) in [6.45, 7) is 4.37. The summed E-state index contributed by atoms with van der Waals surface area (Å²) in [4.78, 5) is 8.78. The molecule has 2 aromatic rings. The van der Waals surface area contributed by atoms with Gasteiger partial charge in [0.2, 0.25) is 2.88 Å². The molecule has 0 saturated heterocycles. The Morgan fingerprint density at radius 1 is 1.24 bits per heavy atom. The molecule has 114 valence electrons. The summed E-state index contributed by atoms with van der Waals surface area (Å²) >= 11 is 1.93. The van der Waals surface area contributed by atoms with Crippen LogP contribution < -0.4 is 26.3 Å². The van der Waals surface area contributed by atoms with E-state index < -0.39 is 12.1 Å². The molecular weight excluding hydrogens is 416 g/mol. The molecule has 0 amide bonds. The Balaban J connectivity index is 0.000000270. The number of benzene rings is 1. The van der Waals surface area contributed by atoms with Crippen LogP contribution in [0.3, 0.4) is 0 Å². The van der Waals surface area contributed by atoms with Gasteiger partial charge in [0.15, 0.2) is 3.57 Å². The highest BCUT2D eigenvalue weighted by Crippen LogP contribution is 2.11. The van der Waals surface area contributed by atoms with E-state index in [1.165, 1.54) is 11.1 Å². The maximum atomic E-state index is 10.5. The van der Waals surface area contributed by atoms with Crippen molar-refractivity contribution in [3.8, 4) is 0 Å². The van der Waals surface area contributed by atoms with Crippen LogP contribution in [0, 0.1) is 20.3 Å². The predicted octanol–water partition coefficient (Wildman–Crippen LogP) is -0.208. The average molecular weight is 428 g/mol. The Kier molecular flexibility index (Phi) is 6.66. The summed E-state index contributed by atoms with van der Waals surface area (Å²) in [6, 6.07) is 11.2. The highest BCUT2D eigenvalue weighted by molar-refractivity contribution is 7.07. The number of alkyl halides is 3. The minimum absolute atomic E-state index is 0.0503. The van der Waals surface area contributed by atoms with Crippen LogP contribution in [0.2, 0.25) is 0 Å². The fourth-order valence-corrected chi connectivity index (χ4v) is 5.08. The predicted molar refractivity (Wildman–Crippen MR) is 68.7 cm³/mol. The first-order valence-electron chi connectivity index (χ1n) is 5.74. The summed E-state index contributed by atoms with van der Waals surface area (Å²) in [5.41, 5.74) is 2.81. The summed E-state index contributed by atoms with van der Waals surface area (Å²) in [7, 11) is 0. The number of hydrogen-bond donors (Lipinski definition) is 0. The molecule has 0 aliphatic rings. The van der Waals surface area contributed by atoms with Crippen molar-refractivity contribution in [3.63, 3.8) is 0 Å². The first-order valence-corrected chi connectivity index (χ1v) is 8.77. The second-order valence-corrected chi connectivity index (χ2v) is 8.59. The number of carbonyl (C=O) groups excluding carboxylic acids is 1. The van der Waals surface area contributed by atoms with Gasteiger partial charge in [0.1, 0.15) is 5.97 Å². The van der Waals surface area contributed by atoms with E-state index in [-0.39, 0.29) is 21.2 Å². The van der Waals surface area contributed by atoms with E-state index in [1.807, 2.05) is 11.3 Å². The lowest BCUT2D eigenvalue weighted by Crippen LogP contribution is -3.61. The fraction of sp³-hybridized carbons (Fsp3) is 0.214. The maximum Gasteiger partial charge on any atom is 0.430 e. The van der Waals surface area contributed by atoms with E-state index in [9.17, 15) is 13.2 Å². The van der Waals surface area contributed by atoms with Gasteiger partial charge in [-0.05, 0) is 31.4 Å². The molecule has 2 nitrogen and oxygen atoms in total. The van der Waals surface area contributed by atoms with E-state index in [2.05, 4.69) is 49.6 Å². The fourth-order valence-electron chi connectivity index (χ4n) is 1.31. The smallest absolute Gasteiger partial charge is 0.430 e. The van der Waals surface area contributed by atoms with Crippen molar-refractivity contribution in [1.82, 2.24) is 0 Å². The summed E-state index contributed by atoms with van der Waals surface area (Å²) < 4.78 is 34.7. The van der Waals surface area contributed by atoms with Crippen LogP contribution in [-0.4, -0.2) is 12.1 Å². The number of carboxylic acids is 1. The lowest BCUT2D eigenvalue weighted by atomic mass is 10.2. The quantitative estimate of drug-likeness (QED) is 0.622. The molecule has 0 bridgehead atoms. The van der Waals surface area contributed by atoms with Gasteiger partial charge in [0, 0.05) is 11.6 Å². The van der Waals surface area contributed by atoms with Crippen molar-refractivity contribution in [2.45, 2.75) is 20.0 Å². The number of rotatable bonds is 2. The third-order valence-electron chi connectivity index (χ3n) is 2.23. The third-order valence-corrected chi connectivity index (χ3v) is 6.84. The Hall–Kier alpha value is -1.09. The molecule has 7 heteroatoms. The zero-order valence-electron chi connectivity index (χ0n) is 11.2. The lowest BCUT2D eigenvalue weighted by Gasteiger charge is -2.03. The Morgan fingerprint density at radius 2 is 1.86 bits per heavy atom. The Labute approximate surface area is 134 Å². The molecule has 0 atom stereocenters. The van der Waals surface area contributed by atoms with Gasteiger partial charge >= 0.3 is 27.4 Å². The van der Waals surface area contributed by atoms with Crippen LogP contribution >= 0.6 is 11.3 Å². The van der Waals surface area contributed by atoms with Gasteiger partial charge in [-0.15, -0.1) is 0 Å². The number of halogens is 4. The molecule has 0 aliphatic heterocycles. The van der Waals surface area contributed by atoms with E-state index in [4.69, 9.17) is 9.90 Å². The second kappa shape index (κ2) is 7.79. The minimum atomic E-state index is -5.19. The summed E-state index contributed by atoms with van der Waals surface area (Å²) in [5.74, 6) is -3.01. The van der Waals surface area contributed by atoms with Crippen LogP contribution in [-0.2, 0) is 4.79 Å². The molecule has 0 radical (unpaired) electrons. The summed E-state index contributed by atoms with van der Waals surface area (Å²) in [5, 5.41) is 10.9. The highest BCUT2D eigenvalue weighted by Gasteiger charge is 2.28. The number of carbonyl (C=O) groups is 1. The van der Waals surface area contributed by atoms with E-state index in [0.717, 1.165) is 0 Å². The monoisotopic (exact) mass is 428 g/mol. The molecule has 0 saturated carbocycles. The molecule has 1 heterocycles. The number of hydrogen-bond acceptors (Lipinski definition) is 3. The van der Waals surface area contributed by atoms with Crippen molar-refractivity contribution in [1.29, 1.82) is 0 Å². The van der Waals surface area contributed by atoms with Gasteiger partial charge in [-0.2, -0.15) is 13.2 Å². The van der Waals surface area contributed by atoms with Gasteiger partial charge in [0.05, 0.1) is 0 Å². The van der Waals surface area contributed by atoms with Gasteiger partial charge in [-0.3, -0.25) is 0 Å². The molecule has 2 rings (SSSR count). The summed E-state index contributed by atoms with van der Waals surface area (Å²) in [6.07, 6.45) is -5.19. The van der Waals surface area contributed by atoms with Gasteiger partial charge in [-0.25, -0.2) is 0 Å². The third kappa shape index (κ3) is 6.47. The molecule has 1 aromatic heterocycles. The lowest BCUT2D eigenvalue weighted by molar-refractivity contribution is -0.591. The second-order valence-electron chi connectivity index (χ2n) is 4.05. The van der Waals surface area contributed by atoms with E-state index in [0.29, 0.717) is 0 Å². The Bertz CT molecular complexity index is 595. The van der Waals surface area contributed by atoms with Gasteiger partial charge < -0.3 is 9.90 Å². The molecule has 21 heavy (non-hydrogen) atoms. The van der Waals surface area contributed by atoms with Gasteiger partial charge in [0.25, 0.3) is 0 Å². The van der Waals surface area contributed by atoms with Crippen molar-refractivity contribution < 1.29 is 44.3 Å². The molecule has 0 unspecified atom stereocenters. The van der Waals surface area contributed by atoms with Crippen molar-refractivity contribution >= 4 is 17.3 Å². The van der Waals surface area contributed by atoms with E-state index in [1.54, 1.807) is 6.45 Å². The Morgan fingerprint density at radius 3 is 2.29 bits per heavy atom.